The number of esters is 1. The summed E-state index contributed by atoms with van der Waals surface area (Å²) in [6.07, 6.45) is -0.639. The van der Waals surface area contributed by atoms with E-state index in [1.165, 1.54) is 14.2 Å². The summed E-state index contributed by atoms with van der Waals surface area (Å²) in [5.41, 5.74) is 4.64. The van der Waals surface area contributed by atoms with Gasteiger partial charge >= 0.3 is 12.1 Å². The summed E-state index contributed by atoms with van der Waals surface area (Å²) in [7, 11) is 3.00. The molecular weight excluding hydrogens is 496 g/mol. The van der Waals surface area contributed by atoms with Gasteiger partial charge in [0.05, 0.1) is 12.7 Å². The number of hydrogen-bond donors (Lipinski definition) is 2. The van der Waals surface area contributed by atoms with E-state index in [0.717, 1.165) is 22.3 Å². The topological polar surface area (TPSA) is 103 Å². The highest BCUT2D eigenvalue weighted by Crippen LogP contribution is 2.44. The van der Waals surface area contributed by atoms with Crippen molar-refractivity contribution in [3.63, 3.8) is 0 Å². The highest BCUT2D eigenvalue weighted by atomic mass is 16.6. The van der Waals surface area contributed by atoms with E-state index in [1.807, 2.05) is 36.4 Å². The van der Waals surface area contributed by atoms with Crippen LogP contribution in [0.1, 0.15) is 53.7 Å². The Bertz CT molecular complexity index is 1330. The normalized spacial score (nSPS) is 13.1. The van der Waals surface area contributed by atoms with Crippen LogP contribution in [0.3, 0.4) is 0 Å². The van der Waals surface area contributed by atoms with Gasteiger partial charge in [0.15, 0.2) is 0 Å². The number of carbonyl (C=O) groups is 3. The van der Waals surface area contributed by atoms with E-state index in [2.05, 4.69) is 22.8 Å². The molecule has 0 aliphatic heterocycles. The maximum Gasteiger partial charge on any atom is 0.407 e. The van der Waals surface area contributed by atoms with Gasteiger partial charge in [-0.2, -0.15) is 0 Å². The molecule has 2 amide bonds. The lowest BCUT2D eigenvalue weighted by atomic mass is 9.98. The van der Waals surface area contributed by atoms with Gasteiger partial charge in [-0.1, -0.05) is 54.6 Å². The van der Waals surface area contributed by atoms with E-state index in [9.17, 15) is 14.4 Å². The number of amides is 2. The van der Waals surface area contributed by atoms with Crippen molar-refractivity contribution in [2.45, 2.75) is 44.8 Å². The average molecular weight is 531 g/mol. The van der Waals surface area contributed by atoms with Crippen LogP contribution in [0.2, 0.25) is 0 Å². The molecule has 0 radical (unpaired) electrons. The Morgan fingerprint density at radius 1 is 0.923 bits per heavy atom. The van der Waals surface area contributed by atoms with Gasteiger partial charge in [-0.05, 0) is 60.7 Å². The molecule has 3 aromatic carbocycles. The Labute approximate surface area is 228 Å². The number of hydrogen-bond acceptors (Lipinski definition) is 6. The molecule has 1 aliphatic rings. The number of nitrogens with one attached hydrogen (secondary N) is 2. The Hall–Kier alpha value is -4.33. The first-order valence-corrected chi connectivity index (χ1v) is 12.8. The van der Waals surface area contributed by atoms with E-state index in [4.69, 9.17) is 14.2 Å². The number of benzene rings is 3. The van der Waals surface area contributed by atoms with Crippen molar-refractivity contribution in [1.29, 1.82) is 0 Å². The van der Waals surface area contributed by atoms with E-state index >= 15 is 0 Å². The van der Waals surface area contributed by atoms with Crippen molar-refractivity contribution < 1.29 is 28.6 Å². The van der Waals surface area contributed by atoms with Crippen LogP contribution in [0, 0.1) is 0 Å². The molecule has 3 aromatic rings. The number of rotatable bonds is 8. The summed E-state index contributed by atoms with van der Waals surface area (Å²) in [5, 5.41) is 5.26. The quantitative estimate of drug-likeness (QED) is 0.404. The van der Waals surface area contributed by atoms with Crippen LogP contribution in [0.4, 0.5) is 4.79 Å². The van der Waals surface area contributed by atoms with E-state index < -0.39 is 23.7 Å². The first kappa shape index (κ1) is 27.7. The minimum absolute atomic E-state index is 0.0904. The van der Waals surface area contributed by atoms with E-state index in [0.29, 0.717) is 16.9 Å². The number of alkyl carbamates (subject to hydrolysis) is 1. The molecule has 0 spiro atoms. The van der Waals surface area contributed by atoms with Crippen LogP contribution in [-0.2, 0) is 20.7 Å². The van der Waals surface area contributed by atoms with Crippen molar-refractivity contribution in [2.24, 2.45) is 0 Å². The molecule has 2 N–H and O–H groups in total. The second kappa shape index (κ2) is 11.6. The molecule has 1 aliphatic carbocycles. The third-order valence-corrected chi connectivity index (χ3v) is 6.50. The smallest absolute Gasteiger partial charge is 0.407 e. The summed E-state index contributed by atoms with van der Waals surface area (Å²) >= 11 is 0. The fraction of sp³-hybridized carbons (Fsp3) is 0.323. The standard InChI is InChI=1S/C31H34N2O6/c1-31(2,3)39-29(35)26(17-19-14-15-27(37-5)24(16-19)28(34)32-4)33-30(36)38-18-25-22-12-8-6-10-20(22)21-11-7-9-13-23(21)25/h6-16,25-26H,17-18H2,1-5H3,(H,32,34)(H,33,36)/t26-/m0/s1. The van der Waals surface area contributed by atoms with Crippen LogP contribution in [0.5, 0.6) is 5.75 Å². The molecule has 0 saturated carbocycles. The van der Waals surface area contributed by atoms with Crippen molar-refractivity contribution in [2.75, 3.05) is 20.8 Å². The van der Waals surface area contributed by atoms with Gasteiger partial charge < -0.3 is 24.8 Å². The van der Waals surface area contributed by atoms with Crippen LogP contribution >= 0.6 is 0 Å². The molecule has 0 fully saturated rings. The minimum Gasteiger partial charge on any atom is -0.496 e. The molecule has 39 heavy (non-hydrogen) atoms. The predicted molar refractivity (Wildman–Crippen MR) is 148 cm³/mol. The van der Waals surface area contributed by atoms with Crippen LogP contribution < -0.4 is 15.4 Å². The van der Waals surface area contributed by atoms with Crippen molar-refractivity contribution in [3.8, 4) is 16.9 Å². The average Bonchev–Trinajstić information content (AvgIpc) is 3.23. The molecule has 4 rings (SSSR count). The summed E-state index contributed by atoms with van der Waals surface area (Å²) in [6, 6.07) is 20.1. The lowest BCUT2D eigenvalue weighted by Gasteiger charge is -2.25. The molecule has 204 valence electrons. The third kappa shape index (κ3) is 6.39. The molecule has 0 saturated heterocycles. The summed E-state index contributed by atoms with van der Waals surface area (Å²) in [6.45, 7) is 5.38. The van der Waals surface area contributed by atoms with Gasteiger partial charge in [-0.15, -0.1) is 0 Å². The monoisotopic (exact) mass is 530 g/mol. The Morgan fingerprint density at radius 2 is 1.54 bits per heavy atom. The second-order valence-electron chi connectivity index (χ2n) is 10.4. The lowest BCUT2D eigenvalue weighted by Crippen LogP contribution is -2.46. The fourth-order valence-corrected chi connectivity index (χ4v) is 4.78. The Kier molecular flexibility index (Phi) is 8.24. The first-order valence-electron chi connectivity index (χ1n) is 12.8. The molecule has 0 heterocycles. The first-order chi connectivity index (χ1) is 18.6. The van der Waals surface area contributed by atoms with Crippen molar-refractivity contribution in [3.05, 3.63) is 89.0 Å². The van der Waals surface area contributed by atoms with Gasteiger partial charge in [0.25, 0.3) is 5.91 Å². The maximum atomic E-state index is 13.1. The SMILES string of the molecule is CNC(=O)c1cc(C[C@H](NC(=O)OCC2c3ccccc3-c3ccccc32)C(=O)OC(C)(C)C)ccc1OC. The summed E-state index contributed by atoms with van der Waals surface area (Å²) in [4.78, 5) is 38.4. The Balaban J connectivity index is 1.51. The van der Waals surface area contributed by atoms with E-state index in [-0.39, 0.29) is 24.9 Å². The molecule has 0 unspecified atom stereocenters. The van der Waals surface area contributed by atoms with Crippen LogP contribution in [-0.4, -0.2) is 50.4 Å². The van der Waals surface area contributed by atoms with Crippen molar-refractivity contribution in [1.82, 2.24) is 10.6 Å². The van der Waals surface area contributed by atoms with E-state index in [1.54, 1.807) is 39.0 Å². The zero-order valence-corrected chi connectivity index (χ0v) is 22.9. The molecule has 8 heteroatoms. The Morgan fingerprint density at radius 3 is 2.10 bits per heavy atom. The number of methoxy groups -OCH3 is 1. The highest BCUT2D eigenvalue weighted by molar-refractivity contribution is 5.97. The minimum atomic E-state index is -1.04. The van der Waals surface area contributed by atoms with Gasteiger partial charge in [-0.25, -0.2) is 9.59 Å². The van der Waals surface area contributed by atoms with Gasteiger partial charge in [0.2, 0.25) is 0 Å². The number of carbonyl (C=O) groups excluding carboxylic acids is 3. The third-order valence-electron chi connectivity index (χ3n) is 6.50. The summed E-state index contributed by atoms with van der Waals surface area (Å²) in [5.74, 6) is -0.642. The highest BCUT2D eigenvalue weighted by Gasteiger charge is 2.31. The maximum absolute atomic E-state index is 13.1. The number of fused-ring (bicyclic) bond motifs is 3. The number of ether oxygens (including phenoxy) is 3. The molecule has 8 nitrogen and oxygen atoms in total. The molecule has 0 aromatic heterocycles. The van der Waals surface area contributed by atoms with Crippen LogP contribution in [0.15, 0.2) is 66.7 Å². The second-order valence-corrected chi connectivity index (χ2v) is 10.4. The van der Waals surface area contributed by atoms with Gasteiger partial charge in [0.1, 0.15) is 24.0 Å². The zero-order chi connectivity index (χ0) is 28.2. The van der Waals surface area contributed by atoms with Crippen molar-refractivity contribution >= 4 is 18.0 Å². The molecular formula is C31H34N2O6. The predicted octanol–water partition coefficient (Wildman–Crippen LogP) is 4.85. The molecule has 1 atom stereocenters. The molecule has 0 bridgehead atoms. The van der Waals surface area contributed by atoms with Gasteiger partial charge in [0, 0.05) is 19.4 Å². The lowest BCUT2D eigenvalue weighted by molar-refractivity contribution is -0.157. The fourth-order valence-electron chi connectivity index (χ4n) is 4.78. The van der Waals surface area contributed by atoms with Crippen LogP contribution in [0.25, 0.3) is 11.1 Å². The van der Waals surface area contributed by atoms with Gasteiger partial charge in [-0.3, -0.25) is 4.79 Å². The summed E-state index contributed by atoms with van der Waals surface area (Å²) < 4.78 is 16.5. The zero-order valence-electron chi connectivity index (χ0n) is 22.9. The largest absolute Gasteiger partial charge is 0.496 e.